The van der Waals surface area contributed by atoms with Gasteiger partial charge < -0.3 is 9.47 Å². The Balaban J connectivity index is 0.00000342. The Kier molecular flexibility index (Phi) is 7.83. The van der Waals surface area contributed by atoms with Crippen LogP contribution in [-0.4, -0.2) is 61.7 Å². The van der Waals surface area contributed by atoms with Gasteiger partial charge in [0, 0.05) is 20.6 Å². The summed E-state index contributed by atoms with van der Waals surface area (Å²) in [7, 11) is 6.97. The predicted molar refractivity (Wildman–Crippen MR) is 142 cm³/mol. The lowest BCUT2D eigenvalue weighted by atomic mass is 10.1. The average molecular weight is 520 g/mol. The van der Waals surface area contributed by atoms with Crippen molar-refractivity contribution in [2.75, 3.05) is 32.1 Å². The van der Waals surface area contributed by atoms with Gasteiger partial charge in [-0.2, -0.15) is 0 Å². The summed E-state index contributed by atoms with van der Waals surface area (Å²) in [6, 6.07) is 4.10. The van der Waals surface area contributed by atoms with Gasteiger partial charge in [-0.05, 0) is 52.0 Å². The SMILES string of the molecule is Cc1ccc(C)c2sc(N(CCCN(C)C)C(=O)Cn3cnc4c3c(=O)n(C)c(=O)n4C)nc12.Cl. The Hall–Kier alpha value is -3.02. The second kappa shape index (κ2) is 10.3. The number of hydrogen-bond acceptors (Lipinski definition) is 7. The van der Waals surface area contributed by atoms with Crippen LogP contribution in [0.3, 0.4) is 0 Å². The molecule has 0 radical (unpaired) electrons. The minimum absolute atomic E-state index is 0. The van der Waals surface area contributed by atoms with Crippen molar-refractivity contribution in [1.29, 1.82) is 0 Å². The monoisotopic (exact) mass is 519 g/mol. The number of halogens is 1. The molecule has 0 unspecified atom stereocenters. The van der Waals surface area contributed by atoms with Gasteiger partial charge in [0.1, 0.15) is 6.54 Å². The summed E-state index contributed by atoms with van der Waals surface area (Å²) < 4.78 is 4.92. The zero-order valence-corrected chi connectivity index (χ0v) is 22.4. The maximum atomic E-state index is 13.6. The van der Waals surface area contributed by atoms with Crippen LogP contribution in [0.4, 0.5) is 5.13 Å². The highest BCUT2D eigenvalue weighted by Gasteiger charge is 2.23. The maximum Gasteiger partial charge on any atom is 0.332 e. The highest BCUT2D eigenvalue weighted by Crippen LogP contribution is 2.33. The largest absolute Gasteiger partial charge is 0.332 e. The van der Waals surface area contributed by atoms with Crippen LogP contribution in [0.2, 0.25) is 0 Å². The van der Waals surface area contributed by atoms with Crippen molar-refractivity contribution in [3.8, 4) is 0 Å². The quantitative estimate of drug-likeness (QED) is 0.371. The van der Waals surface area contributed by atoms with Gasteiger partial charge in [0.25, 0.3) is 5.56 Å². The van der Waals surface area contributed by atoms with Gasteiger partial charge in [-0.25, -0.2) is 14.8 Å². The number of carbonyl (C=O) groups is 1. The number of nitrogens with zero attached hydrogens (tertiary/aromatic N) is 7. The topological polar surface area (TPSA) is 98.3 Å². The molecule has 0 saturated carbocycles. The lowest BCUT2D eigenvalue weighted by molar-refractivity contribution is -0.119. The number of anilines is 1. The van der Waals surface area contributed by atoms with Gasteiger partial charge in [0.15, 0.2) is 16.3 Å². The van der Waals surface area contributed by atoms with Crippen molar-refractivity contribution in [3.05, 3.63) is 50.4 Å². The molecule has 1 amide bonds. The molecule has 0 saturated heterocycles. The van der Waals surface area contributed by atoms with Gasteiger partial charge in [-0.1, -0.05) is 23.5 Å². The second-order valence-electron chi connectivity index (χ2n) is 8.83. The number of hydrogen-bond donors (Lipinski definition) is 0. The van der Waals surface area contributed by atoms with Crippen molar-refractivity contribution in [2.45, 2.75) is 26.8 Å². The average Bonchev–Trinajstić information content (AvgIpc) is 3.42. The van der Waals surface area contributed by atoms with E-state index in [1.165, 1.54) is 33.8 Å². The van der Waals surface area contributed by atoms with Crippen molar-refractivity contribution in [3.63, 3.8) is 0 Å². The highest BCUT2D eigenvalue weighted by molar-refractivity contribution is 7.22. The van der Waals surface area contributed by atoms with E-state index in [9.17, 15) is 14.4 Å². The summed E-state index contributed by atoms with van der Waals surface area (Å²) in [6.45, 7) is 5.29. The molecule has 1 aromatic carbocycles. The van der Waals surface area contributed by atoms with Crippen molar-refractivity contribution < 1.29 is 4.79 Å². The van der Waals surface area contributed by atoms with Gasteiger partial charge in [-0.15, -0.1) is 12.4 Å². The first-order valence-corrected chi connectivity index (χ1v) is 11.8. The highest BCUT2D eigenvalue weighted by atomic mass is 35.5. The summed E-state index contributed by atoms with van der Waals surface area (Å²) in [6.07, 6.45) is 2.21. The second-order valence-corrected chi connectivity index (χ2v) is 9.80. The third kappa shape index (κ3) is 4.89. The van der Waals surface area contributed by atoms with Crippen LogP contribution in [-0.2, 0) is 25.4 Å². The number of amides is 1. The molecule has 0 aliphatic rings. The van der Waals surface area contributed by atoms with Crippen molar-refractivity contribution in [2.24, 2.45) is 14.1 Å². The Morgan fingerprint density at radius 3 is 2.40 bits per heavy atom. The number of benzene rings is 1. The third-order valence-electron chi connectivity index (χ3n) is 5.97. The Labute approximate surface area is 212 Å². The van der Waals surface area contributed by atoms with Crippen LogP contribution in [0.25, 0.3) is 21.4 Å². The normalized spacial score (nSPS) is 11.4. The molecule has 4 aromatic rings. The van der Waals surface area contributed by atoms with Crippen LogP contribution < -0.4 is 16.1 Å². The van der Waals surface area contributed by atoms with Gasteiger partial charge in [0.05, 0.1) is 16.5 Å². The number of fused-ring (bicyclic) bond motifs is 2. The van der Waals surface area contributed by atoms with Crippen LogP contribution in [0.15, 0.2) is 28.0 Å². The van der Waals surface area contributed by atoms with E-state index in [4.69, 9.17) is 4.98 Å². The molecule has 10 nitrogen and oxygen atoms in total. The fourth-order valence-corrected chi connectivity index (χ4v) is 5.14. The first-order valence-electron chi connectivity index (χ1n) is 11.0. The summed E-state index contributed by atoms with van der Waals surface area (Å²) in [4.78, 5) is 51.4. The molecule has 3 heterocycles. The first-order chi connectivity index (χ1) is 16.1. The predicted octanol–water partition coefficient (Wildman–Crippen LogP) is 2.07. The van der Waals surface area contributed by atoms with E-state index in [2.05, 4.69) is 16.0 Å². The Bertz CT molecular complexity index is 1480. The van der Waals surface area contributed by atoms with E-state index >= 15 is 0 Å². The summed E-state index contributed by atoms with van der Waals surface area (Å²) in [5, 5.41) is 0.640. The zero-order valence-electron chi connectivity index (χ0n) is 20.7. The van der Waals surface area contributed by atoms with E-state index in [-0.39, 0.29) is 36.0 Å². The zero-order chi connectivity index (χ0) is 24.7. The van der Waals surface area contributed by atoms with Crippen molar-refractivity contribution in [1.82, 2.24) is 28.6 Å². The minimum Gasteiger partial charge on any atom is -0.315 e. The van der Waals surface area contributed by atoms with Gasteiger partial charge in [-0.3, -0.25) is 23.6 Å². The number of aryl methyl sites for hydroxylation is 3. The molecule has 3 aromatic heterocycles. The lowest BCUT2D eigenvalue weighted by Gasteiger charge is -2.21. The molecule has 0 atom stereocenters. The standard InChI is InChI=1S/C23H29N7O3S.ClH/c1-14-8-9-15(2)19-17(14)25-22(34-19)30(11-7-10-26(3)4)16(31)12-29-13-24-20-18(29)21(32)28(6)23(33)27(20)5;/h8-9,13H,7,10-12H2,1-6H3;1H. The summed E-state index contributed by atoms with van der Waals surface area (Å²) >= 11 is 1.50. The molecule has 0 bridgehead atoms. The van der Waals surface area contributed by atoms with E-state index < -0.39 is 11.2 Å². The van der Waals surface area contributed by atoms with E-state index in [1.807, 2.05) is 34.0 Å². The molecule has 35 heavy (non-hydrogen) atoms. The molecular weight excluding hydrogens is 490 g/mol. The molecule has 4 rings (SSSR count). The molecule has 0 spiro atoms. The number of rotatable bonds is 7. The van der Waals surface area contributed by atoms with E-state index in [1.54, 1.807) is 11.9 Å². The van der Waals surface area contributed by atoms with E-state index in [0.717, 1.165) is 38.9 Å². The number of thiazole rings is 1. The van der Waals surface area contributed by atoms with E-state index in [0.29, 0.717) is 11.7 Å². The van der Waals surface area contributed by atoms with Crippen LogP contribution >= 0.6 is 23.7 Å². The molecular formula is C23H30ClN7O3S. The number of aromatic nitrogens is 5. The molecule has 188 valence electrons. The summed E-state index contributed by atoms with van der Waals surface area (Å²) in [5.41, 5.74) is 2.63. The molecule has 0 N–H and O–H groups in total. The number of imidazole rings is 1. The Morgan fingerprint density at radius 1 is 1.06 bits per heavy atom. The fourth-order valence-electron chi connectivity index (χ4n) is 3.98. The smallest absolute Gasteiger partial charge is 0.315 e. The van der Waals surface area contributed by atoms with Crippen LogP contribution in [0.5, 0.6) is 0 Å². The fraction of sp³-hybridized carbons (Fsp3) is 0.435. The maximum absolute atomic E-state index is 13.6. The van der Waals surface area contributed by atoms with Crippen LogP contribution in [0, 0.1) is 13.8 Å². The number of carbonyl (C=O) groups excluding carboxylic acids is 1. The van der Waals surface area contributed by atoms with Gasteiger partial charge >= 0.3 is 5.69 Å². The van der Waals surface area contributed by atoms with Crippen LogP contribution in [0.1, 0.15) is 17.5 Å². The first kappa shape index (κ1) is 26.6. The third-order valence-corrected chi connectivity index (χ3v) is 7.19. The minimum atomic E-state index is -0.478. The lowest BCUT2D eigenvalue weighted by Crippen LogP contribution is -2.39. The summed E-state index contributed by atoms with van der Waals surface area (Å²) in [5.74, 6) is -0.191. The Morgan fingerprint density at radius 2 is 1.74 bits per heavy atom. The molecule has 12 heteroatoms. The molecule has 0 fully saturated rings. The molecule has 0 aliphatic carbocycles. The van der Waals surface area contributed by atoms with Crippen molar-refractivity contribution >= 4 is 56.2 Å². The molecule has 0 aliphatic heterocycles. The van der Waals surface area contributed by atoms with Gasteiger partial charge in [0.2, 0.25) is 5.91 Å².